The van der Waals surface area contributed by atoms with E-state index in [-0.39, 0.29) is 12.0 Å². The highest BCUT2D eigenvalue weighted by molar-refractivity contribution is 5.77. The Hall–Kier alpha value is -1.12. The number of nitriles is 1. The third-order valence-corrected chi connectivity index (χ3v) is 3.97. The normalized spacial score (nSPS) is 20.0. The van der Waals surface area contributed by atoms with Crippen LogP contribution in [0.25, 0.3) is 0 Å². The van der Waals surface area contributed by atoms with Gasteiger partial charge < -0.3 is 15.0 Å². The summed E-state index contributed by atoms with van der Waals surface area (Å²) < 4.78 is 5.64. The maximum Gasteiger partial charge on any atom is 0.223 e. The van der Waals surface area contributed by atoms with E-state index in [1.54, 1.807) is 0 Å². The predicted octanol–water partition coefficient (Wildman–Crippen LogP) is 1.93. The van der Waals surface area contributed by atoms with Gasteiger partial charge in [-0.05, 0) is 39.2 Å². The quantitative estimate of drug-likeness (QED) is 0.779. The first-order valence-electron chi connectivity index (χ1n) is 7.89. The number of rotatable bonds is 7. The SMILES string of the molecule is CC(C)C[C@@H](C)OCCC(=O)NC1(C#N)CCN(C)CC1. The van der Waals surface area contributed by atoms with Crippen molar-refractivity contribution in [2.45, 2.75) is 58.1 Å². The van der Waals surface area contributed by atoms with E-state index in [1.165, 1.54) is 0 Å². The molecule has 5 heteroatoms. The van der Waals surface area contributed by atoms with Gasteiger partial charge >= 0.3 is 0 Å². The van der Waals surface area contributed by atoms with E-state index in [4.69, 9.17) is 4.74 Å². The zero-order valence-corrected chi connectivity index (χ0v) is 13.8. The van der Waals surface area contributed by atoms with Crippen molar-refractivity contribution in [3.05, 3.63) is 0 Å². The van der Waals surface area contributed by atoms with Gasteiger partial charge in [0.05, 0.1) is 25.2 Å². The van der Waals surface area contributed by atoms with Crippen molar-refractivity contribution in [2.75, 3.05) is 26.7 Å². The molecule has 0 aliphatic carbocycles. The first-order valence-corrected chi connectivity index (χ1v) is 7.89. The second-order valence-corrected chi connectivity index (χ2v) is 6.61. The lowest BCUT2D eigenvalue weighted by Crippen LogP contribution is -2.53. The Morgan fingerprint density at radius 2 is 2.00 bits per heavy atom. The van der Waals surface area contributed by atoms with Crippen LogP contribution >= 0.6 is 0 Å². The Bertz CT molecular complexity index is 368. The highest BCUT2D eigenvalue weighted by Crippen LogP contribution is 2.20. The van der Waals surface area contributed by atoms with Crippen LogP contribution in [0, 0.1) is 17.2 Å². The Morgan fingerprint density at radius 1 is 1.38 bits per heavy atom. The van der Waals surface area contributed by atoms with E-state index in [1.807, 2.05) is 14.0 Å². The number of amides is 1. The average molecular weight is 295 g/mol. The number of nitrogens with one attached hydrogen (secondary N) is 1. The number of carbonyl (C=O) groups is 1. The molecule has 1 atom stereocenters. The molecular formula is C16H29N3O2. The Morgan fingerprint density at radius 3 is 2.52 bits per heavy atom. The average Bonchev–Trinajstić information content (AvgIpc) is 2.41. The van der Waals surface area contributed by atoms with E-state index in [2.05, 4.69) is 30.1 Å². The van der Waals surface area contributed by atoms with Crippen molar-refractivity contribution in [2.24, 2.45) is 5.92 Å². The third kappa shape index (κ3) is 6.45. The summed E-state index contributed by atoms with van der Waals surface area (Å²) in [6.45, 7) is 8.45. The van der Waals surface area contributed by atoms with Gasteiger partial charge in [-0.2, -0.15) is 5.26 Å². The predicted molar refractivity (Wildman–Crippen MR) is 82.7 cm³/mol. The minimum Gasteiger partial charge on any atom is -0.378 e. The molecule has 1 rings (SSSR count). The molecule has 0 aromatic carbocycles. The summed E-state index contributed by atoms with van der Waals surface area (Å²) in [6, 6.07) is 2.29. The molecule has 1 saturated heterocycles. The Labute approximate surface area is 128 Å². The molecule has 1 amide bonds. The summed E-state index contributed by atoms with van der Waals surface area (Å²) in [5, 5.41) is 12.3. The second kappa shape index (κ2) is 8.35. The van der Waals surface area contributed by atoms with Crippen LogP contribution in [0.4, 0.5) is 0 Å². The number of hydrogen-bond donors (Lipinski definition) is 1. The Kier molecular flexibility index (Phi) is 7.13. The van der Waals surface area contributed by atoms with Gasteiger partial charge in [0, 0.05) is 13.1 Å². The summed E-state index contributed by atoms with van der Waals surface area (Å²) in [6.07, 6.45) is 2.87. The lowest BCUT2D eigenvalue weighted by atomic mass is 9.89. The van der Waals surface area contributed by atoms with Crippen LogP contribution in [0.5, 0.6) is 0 Å². The number of hydrogen-bond acceptors (Lipinski definition) is 4. The monoisotopic (exact) mass is 295 g/mol. The number of ether oxygens (including phenoxy) is 1. The number of likely N-dealkylation sites (tertiary alicyclic amines) is 1. The first-order chi connectivity index (χ1) is 9.87. The molecule has 0 unspecified atom stereocenters. The molecule has 5 nitrogen and oxygen atoms in total. The second-order valence-electron chi connectivity index (χ2n) is 6.61. The van der Waals surface area contributed by atoms with Crippen molar-refractivity contribution in [3.63, 3.8) is 0 Å². The molecule has 0 radical (unpaired) electrons. The molecule has 0 aromatic heterocycles. The highest BCUT2D eigenvalue weighted by Gasteiger charge is 2.35. The molecule has 1 N–H and O–H groups in total. The minimum absolute atomic E-state index is 0.0853. The van der Waals surface area contributed by atoms with Crippen LogP contribution in [0.2, 0.25) is 0 Å². The van der Waals surface area contributed by atoms with Gasteiger partial charge in [0.1, 0.15) is 5.54 Å². The van der Waals surface area contributed by atoms with Gasteiger partial charge in [0.2, 0.25) is 5.91 Å². The molecule has 0 spiro atoms. The van der Waals surface area contributed by atoms with Crippen LogP contribution in [0.3, 0.4) is 0 Å². The van der Waals surface area contributed by atoms with Gasteiger partial charge in [-0.1, -0.05) is 13.8 Å². The van der Waals surface area contributed by atoms with Gasteiger partial charge in [0.25, 0.3) is 0 Å². The molecule has 1 aliphatic rings. The highest BCUT2D eigenvalue weighted by atomic mass is 16.5. The minimum atomic E-state index is -0.687. The molecule has 0 bridgehead atoms. The van der Waals surface area contributed by atoms with Gasteiger partial charge in [-0.15, -0.1) is 0 Å². The van der Waals surface area contributed by atoms with Crippen LogP contribution in [-0.4, -0.2) is 49.2 Å². The number of carbonyl (C=O) groups excluding carboxylic acids is 1. The topological polar surface area (TPSA) is 65.4 Å². The van der Waals surface area contributed by atoms with Crippen LogP contribution in [0.15, 0.2) is 0 Å². The summed E-state index contributed by atoms with van der Waals surface area (Å²) in [7, 11) is 2.03. The number of piperidine rings is 1. The van der Waals surface area contributed by atoms with E-state index in [0.29, 0.717) is 31.8 Å². The number of nitrogens with zero attached hydrogens (tertiary/aromatic N) is 2. The zero-order valence-electron chi connectivity index (χ0n) is 13.8. The first kappa shape index (κ1) is 17.9. The van der Waals surface area contributed by atoms with E-state index < -0.39 is 5.54 Å². The standard InChI is InChI=1S/C16H29N3O2/c1-13(2)11-14(3)21-10-5-15(20)18-16(12-17)6-8-19(4)9-7-16/h13-14H,5-11H2,1-4H3,(H,18,20)/t14-/m1/s1. The van der Waals surface area contributed by atoms with Crippen molar-refractivity contribution in [3.8, 4) is 6.07 Å². The van der Waals surface area contributed by atoms with Gasteiger partial charge in [-0.3, -0.25) is 4.79 Å². The van der Waals surface area contributed by atoms with Crippen LogP contribution in [-0.2, 0) is 9.53 Å². The summed E-state index contributed by atoms with van der Waals surface area (Å²) in [4.78, 5) is 14.2. The fraction of sp³-hybridized carbons (Fsp3) is 0.875. The van der Waals surface area contributed by atoms with Crippen LogP contribution < -0.4 is 5.32 Å². The van der Waals surface area contributed by atoms with E-state index in [9.17, 15) is 10.1 Å². The fourth-order valence-corrected chi connectivity index (χ4v) is 2.68. The van der Waals surface area contributed by atoms with Gasteiger partial charge in [0.15, 0.2) is 0 Å². The lowest BCUT2D eigenvalue weighted by Gasteiger charge is -2.36. The van der Waals surface area contributed by atoms with Crippen LogP contribution in [0.1, 0.15) is 46.5 Å². The summed E-state index contributed by atoms with van der Waals surface area (Å²) in [5.74, 6) is 0.507. The molecule has 0 saturated carbocycles. The summed E-state index contributed by atoms with van der Waals surface area (Å²) >= 11 is 0. The van der Waals surface area contributed by atoms with Crippen molar-refractivity contribution in [1.29, 1.82) is 5.26 Å². The third-order valence-electron chi connectivity index (χ3n) is 3.97. The maximum absolute atomic E-state index is 12.0. The molecule has 120 valence electrons. The van der Waals surface area contributed by atoms with Gasteiger partial charge in [-0.25, -0.2) is 0 Å². The molecule has 1 fully saturated rings. The maximum atomic E-state index is 12.0. The molecule has 21 heavy (non-hydrogen) atoms. The van der Waals surface area contributed by atoms with Crippen molar-refractivity contribution < 1.29 is 9.53 Å². The molecule has 1 heterocycles. The van der Waals surface area contributed by atoms with E-state index in [0.717, 1.165) is 19.5 Å². The Balaban J connectivity index is 2.31. The fourth-order valence-electron chi connectivity index (χ4n) is 2.68. The van der Waals surface area contributed by atoms with E-state index >= 15 is 0 Å². The van der Waals surface area contributed by atoms with Crippen molar-refractivity contribution >= 4 is 5.91 Å². The smallest absolute Gasteiger partial charge is 0.223 e. The summed E-state index contributed by atoms with van der Waals surface area (Å²) in [5.41, 5.74) is -0.687. The lowest BCUT2D eigenvalue weighted by molar-refractivity contribution is -0.124. The largest absolute Gasteiger partial charge is 0.378 e. The molecule has 1 aliphatic heterocycles. The zero-order chi connectivity index (χ0) is 15.9. The molecule has 0 aromatic rings. The van der Waals surface area contributed by atoms with Crippen molar-refractivity contribution in [1.82, 2.24) is 10.2 Å². The molecular weight excluding hydrogens is 266 g/mol.